The van der Waals surface area contributed by atoms with Crippen LogP contribution in [0.15, 0.2) is 88.9 Å². The summed E-state index contributed by atoms with van der Waals surface area (Å²) in [6.07, 6.45) is 1.52. The number of rotatable bonds is 10. The lowest BCUT2D eigenvalue weighted by atomic mass is 10.2. The lowest BCUT2D eigenvalue weighted by Crippen LogP contribution is -2.39. The van der Waals surface area contributed by atoms with E-state index in [9.17, 15) is 13.2 Å². The van der Waals surface area contributed by atoms with Crippen LogP contribution in [-0.4, -0.2) is 45.9 Å². The van der Waals surface area contributed by atoms with Crippen molar-refractivity contribution in [1.82, 2.24) is 9.99 Å². The van der Waals surface area contributed by atoms with Gasteiger partial charge in [0, 0.05) is 33.7 Å². The molecule has 0 unspecified atom stereocenters. The number of carbonyl (C=O) groups is 1. The smallest absolute Gasteiger partial charge is 0.264 e. The van der Waals surface area contributed by atoms with Crippen LogP contribution in [0, 0.1) is 13.8 Å². The Kier molecular flexibility index (Phi) is 8.81. The van der Waals surface area contributed by atoms with Crippen LogP contribution in [0.5, 0.6) is 11.5 Å². The summed E-state index contributed by atoms with van der Waals surface area (Å²) in [5, 5.41) is 4.72. The molecular formula is C29H29ClN4O5S. The van der Waals surface area contributed by atoms with Gasteiger partial charge in [-0.15, -0.1) is 0 Å². The number of methoxy groups -OCH3 is 2. The highest BCUT2D eigenvalue weighted by Gasteiger charge is 2.28. The molecule has 0 spiro atoms. The number of benzene rings is 3. The first-order chi connectivity index (χ1) is 19.1. The molecule has 40 heavy (non-hydrogen) atoms. The second-order valence-corrected chi connectivity index (χ2v) is 11.1. The van der Waals surface area contributed by atoms with Crippen LogP contribution in [-0.2, 0) is 14.8 Å². The fourth-order valence-corrected chi connectivity index (χ4v) is 5.90. The molecule has 1 heterocycles. The van der Waals surface area contributed by atoms with Gasteiger partial charge in [0.1, 0.15) is 6.54 Å². The molecule has 1 aromatic heterocycles. The molecule has 0 radical (unpaired) electrons. The SMILES string of the molecule is COc1ccc(N(CC(=O)N/N=C/c2cc(C)n(-c3cccc(Cl)c3)c2C)S(=O)(=O)c2ccccc2)cc1OC. The molecule has 0 aliphatic carbocycles. The minimum Gasteiger partial charge on any atom is -0.493 e. The molecule has 4 rings (SSSR count). The number of hydrazone groups is 1. The molecule has 3 aromatic carbocycles. The fourth-order valence-electron chi connectivity index (χ4n) is 4.29. The zero-order chi connectivity index (χ0) is 28.9. The van der Waals surface area contributed by atoms with Crippen molar-refractivity contribution in [2.75, 3.05) is 25.1 Å². The largest absolute Gasteiger partial charge is 0.493 e. The number of nitrogens with zero attached hydrogens (tertiary/aromatic N) is 3. The van der Waals surface area contributed by atoms with Gasteiger partial charge < -0.3 is 14.0 Å². The molecule has 0 aliphatic rings. The third-order valence-corrected chi connectivity index (χ3v) is 8.23. The molecule has 0 saturated heterocycles. The van der Waals surface area contributed by atoms with Gasteiger partial charge in [0.25, 0.3) is 15.9 Å². The fraction of sp³-hybridized carbons (Fsp3) is 0.172. The first kappa shape index (κ1) is 28.7. The maximum atomic E-state index is 13.6. The Morgan fingerprint density at radius 3 is 2.38 bits per heavy atom. The number of anilines is 1. The lowest BCUT2D eigenvalue weighted by Gasteiger charge is -2.24. The molecule has 4 aromatic rings. The summed E-state index contributed by atoms with van der Waals surface area (Å²) in [5.74, 6) is 0.115. The van der Waals surface area contributed by atoms with Crippen molar-refractivity contribution in [3.63, 3.8) is 0 Å². The van der Waals surface area contributed by atoms with Gasteiger partial charge in [-0.25, -0.2) is 13.8 Å². The third-order valence-electron chi connectivity index (χ3n) is 6.20. The molecule has 0 fully saturated rings. The zero-order valence-corrected chi connectivity index (χ0v) is 24.0. The Balaban J connectivity index is 1.59. The van der Waals surface area contributed by atoms with Gasteiger partial charge in [-0.3, -0.25) is 9.10 Å². The van der Waals surface area contributed by atoms with E-state index in [-0.39, 0.29) is 10.6 Å². The first-order valence-corrected chi connectivity index (χ1v) is 14.0. The number of carbonyl (C=O) groups excluding carboxylic acids is 1. The number of halogens is 1. The van der Waals surface area contributed by atoms with E-state index < -0.39 is 22.5 Å². The molecule has 1 amide bonds. The van der Waals surface area contributed by atoms with Gasteiger partial charge in [-0.05, 0) is 62.4 Å². The average Bonchev–Trinajstić information content (AvgIpc) is 3.24. The Labute approximate surface area is 238 Å². The van der Waals surface area contributed by atoms with Crippen LogP contribution in [0.4, 0.5) is 5.69 Å². The quantitative estimate of drug-likeness (QED) is 0.207. The number of hydrogen-bond donors (Lipinski definition) is 1. The van der Waals surface area contributed by atoms with Gasteiger partial charge >= 0.3 is 0 Å². The van der Waals surface area contributed by atoms with Gasteiger partial charge in [0.15, 0.2) is 11.5 Å². The van der Waals surface area contributed by atoms with Crippen LogP contribution in [0.1, 0.15) is 17.0 Å². The molecule has 0 bridgehead atoms. The average molecular weight is 581 g/mol. The normalized spacial score (nSPS) is 11.4. The number of sulfonamides is 1. The Hall–Kier alpha value is -4.28. The predicted molar refractivity (Wildman–Crippen MR) is 157 cm³/mol. The summed E-state index contributed by atoms with van der Waals surface area (Å²) in [7, 11) is -1.18. The third kappa shape index (κ3) is 6.13. The van der Waals surface area contributed by atoms with Gasteiger partial charge in [0.05, 0.1) is 31.0 Å². The van der Waals surface area contributed by atoms with Crippen molar-refractivity contribution in [1.29, 1.82) is 0 Å². The van der Waals surface area contributed by atoms with E-state index in [1.165, 1.54) is 38.6 Å². The van der Waals surface area contributed by atoms with E-state index in [2.05, 4.69) is 10.5 Å². The second kappa shape index (κ2) is 12.3. The van der Waals surface area contributed by atoms with Crippen molar-refractivity contribution in [2.45, 2.75) is 18.7 Å². The molecule has 1 N–H and O–H groups in total. The van der Waals surface area contributed by atoms with Crippen molar-refractivity contribution in [2.24, 2.45) is 5.10 Å². The highest BCUT2D eigenvalue weighted by Crippen LogP contribution is 2.33. The molecule has 0 atom stereocenters. The van der Waals surface area contributed by atoms with Gasteiger partial charge in [0.2, 0.25) is 0 Å². The first-order valence-electron chi connectivity index (χ1n) is 12.2. The van der Waals surface area contributed by atoms with E-state index in [0.717, 1.165) is 26.9 Å². The summed E-state index contributed by atoms with van der Waals surface area (Å²) in [5.41, 5.74) is 6.22. The second-order valence-electron chi connectivity index (χ2n) is 8.80. The lowest BCUT2D eigenvalue weighted by molar-refractivity contribution is -0.119. The summed E-state index contributed by atoms with van der Waals surface area (Å²) in [4.78, 5) is 13.0. The molecule has 208 valence electrons. The van der Waals surface area contributed by atoms with Crippen molar-refractivity contribution < 1.29 is 22.7 Å². The highest BCUT2D eigenvalue weighted by atomic mass is 35.5. The van der Waals surface area contributed by atoms with E-state index in [1.807, 2.05) is 42.7 Å². The van der Waals surface area contributed by atoms with Crippen molar-refractivity contribution in [3.05, 3.63) is 101 Å². The summed E-state index contributed by atoms with van der Waals surface area (Å²) in [6, 6.07) is 21.9. The van der Waals surface area contributed by atoms with Crippen LogP contribution in [0.3, 0.4) is 0 Å². The van der Waals surface area contributed by atoms with Crippen LogP contribution in [0.25, 0.3) is 5.69 Å². The number of ether oxygens (including phenoxy) is 2. The predicted octanol–water partition coefficient (Wildman–Crippen LogP) is 5.11. The van der Waals surface area contributed by atoms with Crippen molar-refractivity contribution >= 4 is 39.4 Å². The number of amides is 1. The van der Waals surface area contributed by atoms with Gasteiger partial charge in [-0.2, -0.15) is 5.10 Å². The number of nitrogens with one attached hydrogen (secondary N) is 1. The number of aromatic nitrogens is 1. The molecule has 0 aliphatic heterocycles. The molecular weight excluding hydrogens is 552 g/mol. The summed E-state index contributed by atoms with van der Waals surface area (Å²) >= 11 is 6.17. The minimum absolute atomic E-state index is 0.0366. The molecule has 0 saturated carbocycles. The number of hydrogen-bond acceptors (Lipinski definition) is 6. The summed E-state index contributed by atoms with van der Waals surface area (Å²) < 4.78 is 40.8. The van der Waals surface area contributed by atoms with Gasteiger partial charge in [-0.1, -0.05) is 35.9 Å². The minimum atomic E-state index is -4.10. The van der Waals surface area contributed by atoms with E-state index in [4.69, 9.17) is 21.1 Å². The van der Waals surface area contributed by atoms with Crippen LogP contribution >= 0.6 is 11.6 Å². The maximum Gasteiger partial charge on any atom is 0.264 e. The zero-order valence-electron chi connectivity index (χ0n) is 22.5. The maximum absolute atomic E-state index is 13.6. The van der Waals surface area contributed by atoms with Crippen LogP contribution in [0.2, 0.25) is 5.02 Å². The molecule has 9 nitrogen and oxygen atoms in total. The molecule has 11 heteroatoms. The van der Waals surface area contributed by atoms with Crippen molar-refractivity contribution in [3.8, 4) is 17.2 Å². The monoisotopic (exact) mass is 580 g/mol. The highest BCUT2D eigenvalue weighted by molar-refractivity contribution is 7.92. The Bertz CT molecular complexity index is 1650. The topological polar surface area (TPSA) is 102 Å². The summed E-state index contributed by atoms with van der Waals surface area (Å²) in [6.45, 7) is 3.37. The Morgan fingerprint density at radius 1 is 0.975 bits per heavy atom. The van der Waals surface area contributed by atoms with E-state index >= 15 is 0 Å². The van der Waals surface area contributed by atoms with Crippen LogP contribution < -0.4 is 19.2 Å². The van der Waals surface area contributed by atoms with E-state index in [1.54, 1.807) is 36.4 Å². The van der Waals surface area contributed by atoms with E-state index in [0.29, 0.717) is 16.5 Å². The Morgan fingerprint density at radius 2 is 1.70 bits per heavy atom. The standard InChI is InChI=1S/C29H29ClN4O5S/c1-20-15-22(21(2)34(20)25-10-8-9-23(30)16-25)18-31-32-29(35)19-33(40(36,37)26-11-6-5-7-12-26)24-13-14-27(38-3)28(17-24)39-4/h5-18H,19H2,1-4H3,(H,32,35)/b31-18+. The number of aryl methyl sites for hydroxylation is 1.